The highest BCUT2D eigenvalue weighted by atomic mass is 31.1. The molecule has 21 heavy (non-hydrogen) atoms. The van der Waals surface area contributed by atoms with E-state index in [-0.39, 0.29) is 12.8 Å². The van der Waals surface area contributed by atoms with Gasteiger partial charge in [0.2, 0.25) is 6.16 Å². The summed E-state index contributed by atoms with van der Waals surface area (Å²) in [6.45, 7) is 0.219. The highest BCUT2D eigenvalue weighted by Gasteiger charge is 2.30. The second kappa shape index (κ2) is 6.83. The van der Waals surface area contributed by atoms with Crippen LogP contribution in [0.1, 0.15) is 16.7 Å². The molecular formula is C15H13F3O2P+. The van der Waals surface area contributed by atoms with Crippen LogP contribution in [-0.4, -0.2) is 0 Å². The van der Waals surface area contributed by atoms with Gasteiger partial charge >= 0.3 is 14.2 Å². The average molecular weight is 313 g/mol. The number of rotatable bonds is 5. The van der Waals surface area contributed by atoms with Crippen molar-refractivity contribution in [3.8, 4) is 0 Å². The van der Waals surface area contributed by atoms with E-state index >= 15 is 0 Å². The van der Waals surface area contributed by atoms with E-state index in [4.69, 9.17) is 4.52 Å². The van der Waals surface area contributed by atoms with Crippen LogP contribution < -0.4 is 0 Å². The first-order valence-corrected chi connectivity index (χ1v) is 7.59. The van der Waals surface area contributed by atoms with Crippen molar-refractivity contribution >= 4 is 8.03 Å². The van der Waals surface area contributed by atoms with E-state index in [1.807, 2.05) is 30.3 Å². The van der Waals surface area contributed by atoms with Crippen molar-refractivity contribution in [2.24, 2.45) is 0 Å². The Morgan fingerprint density at radius 3 is 2.10 bits per heavy atom. The summed E-state index contributed by atoms with van der Waals surface area (Å²) < 4.78 is 54.2. The van der Waals surface area contributed by atoms with Crippen molar-refractivity contribution in [1.29, 1.82) is 0 Å². The molecule has 0 aliphatic carbocycles. The summed E-state index contributed by atoms with van der Waals surface area (Å²) in [5.41, 5.74) is 0.733. The third kappa shape index (κ3) is 4.96. The molecule has 1 unspecified atom stereocenters. The van der Waals surface area contributed by atoms with Crippen LogP contribution in [0.15, 0.2) is 54.6 Å². The van der Waals surface area contributed by atoms with Crippen LogP contribution in [0.5, 0.6) is 0 Å². The van der Waals surface area contributed by atoms with Gasteiger partial charge < -0.3 is 0 Å². The molecule has 0 heterocycles. The molecule has 0 saturated heterocycles. The van der Waals surface area contributed by atoms with Crippen LogP contribution in [0.25, 0.3) is 0 Å². The molecule has 0 aliphatic rings. The van der Waals surface area contributed by atoms with Gasteiger partial charge in [0, 0.05) is 5.56 Å². The van der Waals surface area contributed by atoms with E-state index < -0.39 is 19.8 Å². The molecule has 0 fully saturated rings. The smallest absolute Gasteiger partial charge is 0.166 e. The molecule has 0 bridgehead atoms. The number of hydrogen-bond donors (Lipinski definition) is 0. The lowest BCUT2D eigenvalue weighted by molar-refractivity contribution is -0.137. The molecule has 0 spiro atoms. The van der Waals surface area contributed by atoms with E-state index in [9.17, 15) is 17.7 Å². The Morgan fingerprint density at radius 1 is 0.905 bits per heavy atom. The van der Waals surface area contributed by atoms with E-state index in [1.54, 1.807) is 0 Å². The van der Waals surface area contributed by atoms with Gasteiger partial charge in [-0.15, -0.1) is 4.52 Å². The fourth-order valence-electron chi connectivity index (χ4n) is 1.71. The van der Waals surface area contributed by atoms with Crippen molar-refractivity contribution in [2.75, 3.05) is 0 Å². The first kappa shape index (κ1) is 15.7. The van der Waals surface area contributed by atoms with Crippen molar-refractivity contribution in [3.63, 3.8) is 0 Å². The lowest BCUT2D eigenvalue weighted by atomic mass is 10.1. The highest BCUT2D eigenvalue weighted by molar-refractivity contribution is 7.38. The molecular weight excluding hydrogens is 300 g/mol. The van der Waals surface area contributed by atoms with Crippen LogP contribution >= 0.6 is 8.03 Å². The minimum Gasteiger partial charge on any atom is -0.166 e. The summed E-state index contributed by atoms with van der Waals surface area (Å²) in [5, 5.41) is 0. The molecule has 0 saturated carbocycles. The Hall–Kier alpha value is -1.71. The molecule has 2 nitrogen and oxygen atoms in total. The van der Waals surface area contributed by atoms with Crippen molar-refractivity contribution in [3.05, 3.63) is 71.3 Å². The van der Waals surface area contributed by atoms with Crippen LogP contribution in [0, 0.1) is 0 Å². The molecule has 6 heteroatoms. The molecule has 0 radical (unpaired) electrons. The zero-order valence-electron chi connectivity index (χ0n) is 11.0. The number of hydrogen-bond acceptors (Lipinski definition) is 2. The minimum atomic E-state index is -4.36. The maximum Gasteiger partial charge on any atom is 0.513 e. The Bertz CT molecular complexity index is 595. The van der Waals surface area contributed by atoms with Crippen molar-refractivity contribution in [2.45, 2.75) is 18.9 Å². The summed E-state index contributed by atoms with van der Waals surface area (Å²) in [5.74, 6) is 0. The summed E-state index contributed by atoms with van der Waals surface area (Å²) in [4.78, 5) is 0. The largest absolute Gasteiger partial charge is 0.513 e. The lowest BCUT2D eigenvalue weighted by Gasteiger charge is -2.05. The molecule has 0 aromatic heterocycles. The molecule has 2 aromatic carbocycles. The maximum atomic E-state index is 12.4. The van der Waals surface area contributed by atoms with Gasteiger partial charge in [-0.3, -0.25) is 0 Å². The molecule has 0 N–H and O–H groups in total. The van der Waals surface area contributed by atoms with Gasteiger partial charge in [-0.1, -0.05) is 42.5 Å². The molecule has 1 atom stereocenters. The van der Waals surface area contributed by atoms with Gasteiger partial charge in [-0.25, -0.2) is 0 Å². The zero-order chi connectivity index (χ0) is 15.3. The van der Waals surface area contributed by atoms with Crippen LogP contribution in [-0.2, 0) is 28.0 Å². The lowest BCUT2D eigenvalue weighted by Crippen LogP contribution is -2.04. The summed E-state index contributed by atoms with van der Waals surface area (Å²) in [7, 11) is -1.95. The predicted octanol–water partition coefficient (Wildman–Crippen LogP) is 5.16. The van der Waals surface area contributed by atoms with Crippen LogP contribution in [0.2, 0.25) is 0 Å². The quantitative estimate of drug-likeness (QED) is 0.712. The van der Waals surface area contributed by atoms with Gasteiger partial charge in [0.15, 0.2) is 0 Å². The predicted molar refractivity (Wildman–Crippen MR) is 74.0 cm³/mol. The van der Waals surface area contributed by atoms with Gasteiger partial charge in [0.1, 0.15) is 6.61 Å². The molecule has 2 rings (SSSR count). The van der Waals surface area contributed by atoms with Gasteiger partial charge in [-0.2, -0.15) is 13.2 Å². The Morgan fingerprint density at radius 2 is 1.52 bits per heavy atom. The molecule has 110 valence electrons. The van der Waals surface area contributed by atoms with E-state index in [0.29, 0.717) is 5.56 Å². The standard InChI is InChI=1S/C15H13F3O2P/c16-15(17,18)14-8-6-13(7-9-14)11-21(19)20-10-12-4-2-1-3-5-12/h1-9H,10-11H2/q+1. The third-order valence-electron chi connectivity index (χ3n) is 2.81. The first-order valence-electron chi connectivity index (χ1n) is 6.23. The van der Waals surface area contributed by atoms with Crippen molar-refractivity contribution in [1.82, 2.24) is 0 Å². The van der Waals surface area contributed by atoms with Gasteiger partial charge in [0.25, 0.3) is 0 Å². The Balaban J connectivity index is 1.88. The third-order valence-corrected chi connectivity index (χ3v) is 3.85. The van der Waals surface area contributed by atoms with Gasteiger partial charge in [0.05, 0.1) is 5.56 Å². The number of alkyl halides is 3. The number of benzene rings is 2. The van der Waals surface area contributed by atoms with Crippen LogP contribution in [0.3, 0.4) is 0 Å². The highest BCUT2D eigenvalue weighted by Crippen LogP contribution is 2.32. The summed E-state index contributed by atoms with van der Waals surface area (Å²) >= 11 is 0. The molecule has 0 amide bonds. The second-order valence-corrected chi connectivity index (χ2v) is 5.68. The second-order valence-electron chi connectivity index (χ2n) is 4.44. The molecule has 0 aliphatic heterocycles. The molecule has 2 aromatic rings. The van der Waals surface area contributed by atoms with Gasteiger partial charge in [-0.05, 0) is 22.3 Å². The average Bonchev–Trinajstić information content (AvgIpc) is 2.46. The fraction of sp³-hybridized carbons (Fsp3) is 0.200. The maximum absolute atomic E-state index is 12.4. The van der Waals surface area contributed by atoms with Crippen molar-refractivity contribution < 1.29 is 22.3 Å². The van der Waals surface area contributed by atoms with Crippen LogP contribution in [0.4, 0.5) is 13.2 Å². The summed E-state index contributed by atoms with van der Waals surface area (Å²) in [6, 6.07) is 13.9. The Labute approximate surface area is 121 Å². The normalized spacial score (nSPS) is 12.2. The number of halogens is 3. The fourth-order valence-corrected chi connectivity index (χ4v) is 2.61. The SMILES string of the molecule is O=[P+](Cc1ccc(C(F)(F)F)cc1)OCc1ccccc1. The minimum absolute atomic E-state index is 0.0975. The van der Waals surface area contributed by atoms with E-state index in [1.165, 1.54) is 12.1 Å². The zero-order valence-corrected chi connectivity index (χ0v) is 11.9. The summed E-state index contributed by atoms with van der Waals surface area (Å²) in [6.07, 6.45) is -4.26. The first-order chi connectivity index (χ1) is 9.95. The van der Waals surface area contributed by atoms with E-state index in [0.717, 1.165) is 17.7 Å². The Kier molecular flexibility index (Phi) is 5.10. The topological polar surface area (TPSA) is 26.3 Å². The monoisotopic (exact) mass is 313 g/mol. The van der Waals surface area contributed by atoms with E-state index in [2.05, 4.69) is 0 Å².